The minimum absolute atomic E-state index is 0.0157. The van der Waals surface area contributed by atoms with E-state index in [0.717, 1.165) is 0 Å². The van der Waals surface area contributed by atoms with Crippen LogP contribution in [-0.4, -0.2) is 64.1 Å². The third-order valence-electron chi connectivity index (χ3n) is 3.00. The van der Waals surface area contributed by atoms with Crippen molar-refractivity contribution in [2.45, 2.75) is 51.4 Å². The maximum atomic E-state index is 12.2. The lowest BCUT2D eigenvalue weighted by Crippen LogP contribution is -2.61. The topological polar surface area (TPSA) is 99.1 Å². The van der Waals surface area contributed by atoms with Crippen molar-refractivity contribution in [2.24, 2.45) is 0 Å². The summed E-state index contributed by atoms with van der Waals surface area (Å²) in [5.41, 5.74) is -0.983. The molecule has 0 unspecified atom stereocenters. The highest BCUT2D eigenvalue weighted by Gasteiger charge is 2.40. The number of aliphatic hydroxyl groups excluding tert-OH is 1. The van der Waals surface area contributed by atoms with Gasteiger partial charge in [-0.1, -0.05) is 0 Å². The Labute approximate surface area is 118 Å². The van der Waals surface area contributed by atoms with E-state index in [1.54, 1.807) is 4.90 Å². The summed E-state index contributed by atoms with van der Waals surface area (Å²) < 4.78 is 5.86. The van der Waals surface area contributed by atoms with Crippen molar-refractivity contribution >= 4 is 12.0 Å². The van der Waals surface area contributed by atoms with Gasteiger partial charge in [0, 0.05) is 13.0 Å². The van der Waals surface area contributed by atoms with Crippen LogP contribution in [0.1, 0.15) is 34.1 Å². The van der Waals surface area contributed by atoms with Crippen LogP contribution in [-0.2, 0) is 9.53 Å². The van der Waals surface area contributed by atoms with Gasteiger partial charge in [0.05, 0.1) is 24.3 Å². The van der Waals surface area contributed by atoms with E-state index in [1.807, 2.05) is 27.7 Å². The number of nitrogens with one attached hydrogen (secondary N) is 1. The number of morpholine rings is 1. The number of hydrogen-bond acceptors (Lipinski definition) is 4. The molecule has 0 radical (unpaired) electrons. The number of carbonyl (C=O) groups is 2. The third-order valence-corrected chi connectivity index (χ3v) is 3.00. The number of amides is 2. The summed E-state index contributed by atoms with van der Waals surface area (Å²) >= 11 is 0. The molecule has 7 heteroatoms. The Kier molecular flexibility index (Phi) is 4.99. The average Bonchev–Trinajstić information content (AvgIpc) is 2.23. The van der Waals surface area contributed by atoms with Gasteiger partial charge in [-0.15, -0.1) is 0 Å². The zero-order chi connectivity index (χ0) is 15.6. The van der Waals surface area contributed by atoms with Crippen molar-refractivity contribution in [3.8, 4) is 0 Å². The maximum Gasteiger partial charge on any atom is 0.326 e. The molecule has 3 N–H and O–H groups in total. The lowest BCUT2D eigenvalue weighted by Gasteiger charge is -2.47. The van der Waals surface area contributed by atoms with Crippen LogP contribution in [0.4, 0.5) is 4.79 Å². The van der Waals surface area contributed by atoms with Crippen LogP contribution in [0.3, 0.4) is 0 Å². The fourth-order valence-corrected chi connectivity index (χ4v) is 2.56. The molecule has 116 valence electrons. The monoisotopic (exact) mass is 288 g/mol. The van der Waals surface area contributed by atoms with Gasteiger partial charge in [0.15, 0.2) is 0 Å². The Morgan fingerprint density at radius 1 is 1.25 bits per heavy atom. The molecule has 0 spiro atoms. The smallest absolute Gasteiger partial charge is 0.326 e. The number of carboxylic acid groups (broad SMARTS) is 1. The van der Waals surface area contributed by atoms with Gasteiger partial charge < -0.3 is 25.2 Å². The fraction of sp³-hybridized carbons (Fsp3) is 0.846. The maximum absolute atomic E-state index is 12.2. The second kappa shape index (κ2) is 5.97. The number of aliphatic hydroxyl groups is 1. The van der Waals surface area contributed by atoms with Crippen LogP contribution in [0.15, 0.2) is 0 Å². The van der Waals surface area contributed by atoms with Gasteiger partial charge in [-0.05, 0) is 27.7 Å². The average molecular weight is 288 g/mol. The summed E-state index contributed by atoms with van der Waals surface area (Å²) in [5, 5.41) is 20.2. The quantitative estimate of drug-likeness (QED) is 0.696. The number of aliphatic carboxylic acids is 1. The summed E-state index contributed by atoms with van der Waals surface area (Å²) in [4.78, 5) is 24.7. The highest BCUT2D eigenvalue weighted by atomic mass is 16.5. The van der Waals surface area contributed by atoms with Crippen LogP contribution in [0.5, 0.6) is 0 Å². The first kappa shape index (κ1) is 16.7. The van der Waals surface area contributed by atoms with Crippen molar-refractivity contribution in [2.75, 3.05) is 19.7 Å². The van der Waals surface area contributed by atoms with Gasteiger partial charge in [0.2, 0.25) is 0 Å². The molecule has 0 aromatic heterocycles. The zero-order valence-corrected chi connectivity index (χ0v) is 12.5. The van der Waals surface area contributed by atoms with Gasteiger partial charge in [-0.2, -0.15) is 0 Å². The van der Waals surface area contributed by atoms with Crippen LogP contribution in [0.2, 0.25) is 0 Å². The second-order valence-corrected chi connectivity index (χ2v) is 6.33. The predicted molar refractivity (Wildman–Crippen MR) is 72.5 cm³/mol. The minimum Gasteiger partial charge on any atom is -0.480 e. The van der Waals surface area contributed by atoms with E-state index >= 15 is 0 Å². The molecule has 1 atom stereocenters. The molecule has 2 amide bonds. The molecule has 1 aliphatic rings. The molecule has 7 nitrogen and oxygen atoms in total. The predicted octanol–water partition coefficient (Wildman–Crippen LogP) is 0.421. The number of rotatable bonds is 4. The Balaban J connectivity index is 2.73. The molecule has 0 bridgehead atoms. The molecule has 1 heterocycles. The molecule has 0 aliphatic carbocycles. The van der Waals surface area contributed by atoms with E-state index in [9.17, 15) is 9.59 Å². The fourth-order valence-electron chi connectivity index (χ4n) is 2.56. The number of urea groups is 1. The second-order valence-electron chi connectivity index (χ2n) is 6.33. The SMILES string of the molecule is CC1(C)CN(C(=O)N[C@H](CCO)C(=O)O)CC(C)(C)O1. The normalized spacial score (nSPS) is 22.1. The highest BCUT2D eigenvalue weighted by Crippen LogP contribution is 2.27. The molecular weight excluding hydrogens is 264 g/mol. The van der Waals surface area contributed by atoms with Gasteiger partial charge >= 0.3 is 12.0 Å². The molecule has 1 fully saturated rings. The Hall–Kier alpha value is -1.34. The molecular formula is C13H24N2O5. The third kappa shape index (κ3) is 4.64. The van der Waals surface area contributed by atoms with Crippen molar-refractivity contribution in [3.63, 3.8) is 0 Å². The van der Waals surface area contributed by atoms with Crippen molar-refractivity contribution in [3.05, 3.63) is 0 Å². The van der Waals surface area contributed by atoms with E-state index in [1.165, 1.54) is 0 Å². The summed E-state index contributed by atoms with van der Waals surface area (Å²) in [6, 6.07) is -1.53. The van der Waals surface area contributed by atoms with E-state index in [0.29, 0.717) is 13.1 Å². The molecule has 0 aromatic rings. The van der Waals surface area contributed by atoms with Gasteiger partial charge in [-0.3, -0.25) is 0 Å². The zero-order valence-electron chi connectivity index (χ0n) is 12.5. The van der Waals surface area contributed by atoms with Crippen molar-refractivity contribution < 1.29 is 24.5 Å². The molecule has 20 heavy (non-hydrogen) atoms. The Bertz CT molecular complexity index is 365. The number of ether oxygens (including phenoxy) is 1. The summed E-state index contributed by atoms with van der Waals surface area (Å²) in [7, 11) is 0. The lowest BCUT2D eigenvalue weighted by atomic mass is 9.99. The Morgan fingerprint density at radius 2 is 1.75 bits per heavy atom. The first-order chi connectivity index (χ1) is 9.06. The number of hydrogen-bond donors (Lipinski definition) is 3. The van der Waals surface area contributed by atoms with Gasteiger partial charge in [0.1, 0.15) is 6.04 Å². The number of carbonyl (C=O) groups excluding carboxylic acids is 1. The molecule has 1 rings (SSSR count). The van der Waals surface area contributed by atoms with Gasteiger partial charge in [-0.25, -0.2) is 9.59 Å². The van der Waals surface area contributed by atoms with Crippen LogP contribution >= 0.6 is 0 Å². The van der Waals surface area contributed by atoms with Crippen LogP contribution < -0.4 is 5.32 Å². The van der Waals surface area contributed by atoms with Crippen molar-refractivity contribution in [1.29, 1.82) is 0 Å². The van der Waals surface area contributed by atoms with Gasteiger partial charge in [0.25, 0.3) is 0 Å². The highest BCUT2D eigenvalue weighted by molar-refractivity contribution is 5.82. The summed E-state index contributed by atoms with van der Waals surface area (Å²) in [5.74, 6) is -1.15. The number of nitrogens with zero attached hydrogens (tertiary/aromatic N) is 1. The van der Waals surface area contributed by atoms with Crippen LogP contribution in [0, 0.1) is 0 Å². The van der Waals surface area contributed by atoms with E-state index in [2.05, 4.69) is 5.32 Å². The molecule has 0 saturated carbocycles. The van der Waals surface area contributed by atoms with Crippen LogP contribution in [0.25, 0.3) is 0 Å². The molecule has 1 aliphatic heterocycles. The first-order valence-corrected chi connectivity index (χ1v) is 6.66. The Morgan fingerprint density at radius 3 is 2.15 bits per heavy atom. The minimum atomic E-state index is -1.15. The largest absolute Gasteiger partial charge is 0.480 e. The molecule has 0 aromatic carbocycles. The molecule has 1 saturated heterocycles. The van der Waals surface area contributed by atoms with Crippen molar-refractivity contribution in [1.82, 2.24) is 10.2 Å². The van der Waals surface area contributed by atoms with E-state index in [4.69, 9.17) is 14.9 Å². The van der Waals surface area contributed by atoms with E-state index < -0.39 is 29.2 Å². The summed E-state index contributed by atoms with van der Waals surface area (Å²) in [6.07, 6.45) is -0.0157. The first-order valence-electron chi connectivity index (χ1n) is 6.66. The lowest BCUT2D eigenvalue weighted by molar-refractivity contribution is -0.170. The standard InChI is InChI=1S/C13H24N2O5/c1-12(2)7-15(8-13(3,4)20-12)11(19)14-9(5-6-16)10(17)18/h9,16H,5-8H2,1-4H3,(H,14,19)(H,17,18)/t9-/m1/s1. The van der Waals surface area contributed by atoms with E-state index in [-0.39, 0.29) is 13.0 Å². The summed E-state index contributed by atoms with van der Waals surface area (Å²) in [6.45, 7) is 8.01. The number of carboxylic acids is 1.